The van der Waals surface area contributed by atoms with Gasteiger partial charge in [0, 0.05) is 64.7 Å². The van der Waals surface area contributed by atoms with Gasteiger partial charge in [-0.15, -0.1) is 0 Å². The van der Waals surface area contributed by atoms with Crippen molar-refractivity contribution in [3.63, 3.8) is 0 Å². The fourth-order valence-corrected chi connectivity index (χ4v) is 4.90. The van der Waals surface area contributed by atoms with E-state index < -0.39 is 32.6 Å². The number of hydrogen-bond acceptors (Lipinski definition) is 5. The van der Waals surface area contributed by atoms with Gasteiger partial charge in [-0.25, -0.2) is 0 Å². The average molecular weight is 377 g/mol. The van der Waals surface area contributed by atoms with Crippen molar-refractivity contribution in [3.05, 3.63) is 0 Å². The molecule has 0 heterocycles. The first-order valence-corrected chi connectivity index (χ1v) is 8.70. The Morgan fingerprint density at radius 1 is 1.00 bits per heavy atom. The summed E-state index contributed by atoms with van der Waals surface area (Å²) in [5.74, 6) is 0. The zero-order valence-corrected chi connectivity index (χ0v) is 23.1. The summed E-state index contributed by atoms with van der Waals surface area (Å²) in [7, 11) is -10.3. The maximum Gasteiger partial charge on any atom is 1.00 e. The van der Waals surface area contributed by atoms with Crippen molar-refractivity contribution in [2.45, 2.75) is 49.5 Å². The molecule has 1 fully saturated rings. The summed E-state index contributed by atoms with van der Waals surface area (Å²) < 4.78 is 22.0. The molecule has 4 N–H and O–H groups in total. The number of nitrogens with two attached hydrogens (primary N) is 1. The van der Waals surface area contributed by atoms with E-state index in [-0.39, 0.29) is 118 Å². The van der Waals surface area contributed by atoms with E-state index in [1.165, 1.54) is 0 Å². The van der Waals surface area contributed by atoms with E-state index in [2.05, 4.69) is 0 Å². The molecule has 1 rings (SSSR count). The molecular formula is C8H17NNa4O6P2. The Kier molecular flexibility index (Phi) is 21.0. The Morgan fingerprint density at radius 2 is 1.33 bits per heavy atom. The quantitative estimate of drug-likeness (QED) is 0.326. The van der Waals surface area contributed by atoms with Gasteiger partial charge in [0.1, 0.15) is 15.2 Å². The van der Waals surface area contributed by atoms with Crippen molar-refractivity contribution in [2.24, 2.45) is 5.73 Å². The van der Waals surface area contributed by atoms with Gasteiger partial charge in [0.25, 0.3) is 0 Å². The second kappa shape index (κ2) is 13.4. The zero-order valence-electron chi connectivity index (χ0n) is 13.3. The molecular weight excluding hydrogens is 360 g/mol. The van der Waals surface area contributed by atoms with Crippen LogP contribution in [0.4, 0.5) is 0 Å². The van der Waals surface area contributed by atoms with Crippen molar-refractivity contribution in [1.29, 1.82) is 0 Å². The molecule has 21 heavy (non-hydrogen) atoms. The van der Waals surface area contributed by atoms with Crippen LogP contribution in [0.1, 0.15) is 38.5 Å². The van der Waals surface area contributed by atoms with Gasteiger partial charge >= 0.3 is 59.1 Å². The van der Waals surface area contributed by atoms with Crippen molar-refractivity contribution >= 4 is 74.3 Å². The molecule has 1 aliphatic carbocycles. The third-order valence-corrected chi connectivity index (χ3v) is 6.81. The first kappa shape index (κ1) is 32.9. The summed E-state index contributed by atoms with van der Waals surface area (Å²) in [6, 6.07) is 0. The van der Waals surface area contributed by atoms with Crippen molar-refractivity contribution < 1.29 is 87.8 Å². The molecule has 2 radical (unpaired) electrons. The van der Waals surface area contributed by atoms with E-state index in [9.17, 15) is 18.9 Å². The van der Waals surface area contributed by atoms with Crippen LogP contribution in [0.2, 0.25) is 0 Å². The minimum absolute atomic E-state index is 0. The molecule has 0 aliphatic heterocycles. The Labute approximate surface area is 213 Å². The third-order valence-electron chi connectivity index (χ3n) is 3.19. The van der Waals surface area contributed by atoms with Crippen LogP contribution in [-0.4, -0.2) is 79.8 Å². The van der Waals surface area contributed by atoms with E-state index >= 15 is 0 Å². The molecule has 1 saturated carbocycles. The Hall–Kier alpha value is 4.26. The Bertz CT molecular complexity index is 348. The molecule has 0 spiro atoms. The topological polar surface area (TPSA) is 147 Å². The van der Waals surface area contributed by atoms with Gasteiger partial charge in [-0.3, -0.25) is 0 Å². The van der Waals surface area contributed by atoms with Gasteiger partial charge in [-0.1, -0.05) is 19.3 Å². The second-order valence-corrected chi connectivity index (χ2v) is 8.65. The van der Waals surface area contributed by atoms with E-state index in [0.29, 0.717) is 12.8 Å². The summed E-state index contributed by atoms with van der Waals surface area (Å²) in [4.78, 5) is 39.7. The molecule has 0 aromatic rings. The molecule has 7 nitrogen and oxygen atoms in total. The predicted molar refractivity (Wildman–Crippen MR) is 69.6 cm³/mol. The van der Waals surface area contributed by atoms with Gasteiger partial charge in [-0.05, 0) is 19.3 Å². The Morgan fingerprint density at radius 3 is 1.62 bits per heavy atom. The molecule has 0 aromatic heterocycles. The monoisotopic (exact) mass is 377 g/mol. The average Bonchev–Trinajstić information content (AvgIpc) is 2.12. The van der Waals surface area contributed by atoms with Crippen LogP contribution < -0.4 is 74.6 Å². The fraction of sp³-hybridized carbons (Fsp3) is 1.00. The van der Waals surface area contributed by atoms with Crippen molar-refractivity contribution in [2.75, 3.05) is 0 Å². The van der Waals surface area contributed by atoms with Gasteiger partial charge in [0.05, 0.1) is 5.40 Å². The minimum atomic E-state index is -5.16. The molecule has 13 heteroatoms. The predicted octanol–water partition coefficient (Wildman–Crippen LogP) is -7.30. The smallest absolute Gasteiger partial charge is 0.778 e. The van der Waals surface area contributed by atoms with Crippen LogP contribution in [0.3, 0.4) is 0 Å². The SMILES string of the molecule is NC1(CC(P(=O)([O-])O)P(=O)([O-])O)CCCCC1.[Na+].[Na+].[Na].[Na]. The first-order valence-electron chi connectivity index (χ1n) is 5.40. The van der Waals surface area contributed by atoms with Crippen LogP contribution in [0.15, 0.2) is 0 Å². The summed E-state index contributed by atoms with van der Waals surface area (Å²) in [5, 5.41) is -2.20. The van der Waals surface area contributed by atoms with Crippen molar-refractivity contribution in [3.8, 4) is 0 Å². The summed E-state index contributed by atoms with van der Waals surface area (Å²) in [5.41, 5.74) is 4.96. The van der Waals surface area contributed by atoms with Crippen LogP contribution in [0, 0.1) is 0 Å². The van der Waals surface area contributed by atoms with Gasteiger partial charge in [0.15, 0.2) is 0 Å². The first-order chi connectivity index (χ1) is 7.55. The standard InChI is InChI=1S/C8H19NO6P2.4Na/c9-8(4-2-1-3-5-8)6-7(16(10,11)12)17(13,14)15;;;;/h7H,1-6,9H2,(H2,10,11,12)(H2,13,14,15);;;;/q;;;2*+1/p-2. The molecule has 2 atom stereocenters. The number of rotatable bonds is 4. The van der Waals surface area contributed by atoms with E-state index in [0.717, 1.165) is 19.3 Å². The zero-order chi connectivity index (χ0) is 13.3. The molecule has 0 bridgehead atoms. The Balaban J connectivity index is -0.000000361. The number of hydrogen-bond donors (Lipinski definition) is 3. The molecule has 2 unspecified atom stereocenters. The van der Waals surface area contributed by atoms with Crippen LogP contribution in [-0.2, 0) is 9.13 Å². The van der Waals surface area contributed by atoms with Crippen LogP contribution in [0.5, 0.6) is 0 Å². The minimum Gasteiger partial charge on any atom is -0.778 e. The van der Waals surface area contributed by atoms with Crippen LogP contribution in [0.25, 0.3) is 0 Å². The van der Waals surface area contributed by atoms with Crippen molar-refractivity contribution in [1.82, 2.24) is 0 Å². The van der Waals surface area contributed by atoms with Gasteiger partial charge in [-0.2, -0.15) is 0 Å². The normalized spacial score (nSPS) is 23.5. The third kappa shape index (κ3) is 12.3. The van der Waals surface area contributed by atoms with Gasteiger partial charge < -0.3 is 34.4 Å². The maximum absolute atomic E-state index is 11.0. The van der Waals surface area contributed by atoms with E-state index in [1.807, 2.05) is 0 Å². The molecule has 0 amide bonds. The molecule has 0 aromatic carbocycles. The largest absolute Gasteiger partial charge is 1.00 e. The maximum atomic E-state index is 11.0. The summed E-state index contributed by atoms with van der Waals surface area (Å²) in [6.07, 6.45) is 3.05. The summed E-state index contributed by atoms with van der Waals surface area (Å²) in [6.45, 7) is 0. The molecule has 1 aliphatic rings. The molecule has 104 valence electrons. The fourth-order valence-electron chi connectivity index (χ4n) is 2.24. The van der Waals surface area contributed by atoms with E-state index in [1.54, 1.807) is 0 Å². The summed E-state index contributed by atoms with van der Waals surface area (Å²) >= 11 is 0. The van der Waals surface area contributed by atoms with Crippen LogP contribution >= 0.6 is 15.2 Å². The molecule has 0 saturated heterocycles. The van der Waals surface area contributed by atoms with E-state index in [4.69, 9.17) is 15.5 Å². The van der Waals surface area contributed by atoms with Gasteiger partial charge in [0.2, 0.25) is 0 Å². The second-order valence-electron chi connectivity index (χ2n) is 4.74.